The molecule has 0 radical (unpaired) electrons. The number of ether oxygens (including phenoxy) is 1. The Labute approximate surface area is 136 Å². The van der Waals surface area contributed by atoms with Crippen LogP contribution in [0.1, 0.15) is 5.56 Å². The van der Waals surface area contributed by atoms with E-state index in [1.807, 2.05) is 18.4 Å². The highest BCUT2D eigenvalue weighted by molar-refractivity contribution is 7.13. The molecule has 2 aromatic heterocycles. The summed E-state index contributed by atoms with van der Waals surface area (Å²) in [6.45, 7) is 1.99. The van der Waals surface area contributed by atoms with Gasteiger partial charge in [-0.25, -0.2) is 4.98 Å². The zero-order valence-corrected chi connectivity index (χ0v) is 13.3. The highest BCUT2D eigenvalue weighted by Gasteiger charge is 2.17. The summed E-state index contributed by atoms with van der Waals surface area (Å²) in [4.78, 5) is 19.4. The van der Waals surface area contributed by atoms with Crippen LogP contribution in [0.2, 0.25) is 0 Å². The number of pyridine rings is 1. The summed E-state index contributed by atoms with van der Waals surface area (Å²) in [6.07, 6.45) is 3.50. The van der Waals surface area contributed by atoms with Crippen LogP contribution in [0.4, 0.5) is 5.69 Å². The Bertz CT molecular complexity index is 877. The average Bonchev–Trinajstić information content (AvgIpc) is 3.04. The Morgan fingerprint density at radius 3 is 2.83 bits per heavy atom. The maximum atomic E-state index is 11.1. The fourth-order valence-electron chi connectivity index (χ4n) is 2.23. The van der Waals surface area contributed by atoms with Crippen LogP contribution < -0.4 is 4.74 Å². The van der Waals surface area contributed by atoms with Crippen LogP contribution >= 0.6 is 11.3 Å². The number of nitro groups is 1. The molecular weight excluding hydrogens is 314 g/mol. The Morgan fingerprint density at radius 1 is 1.30 bits per heavy atom. The Hall–Kier alpha value is -2.80. The predicted octanol–water partition coefficient (Wildman–Crippen LogP) is 4.10. The first-order valence-electron chi connectivity index (χ1n) is 6.79. The van der Waals surface area contributed by atoms with Crippen LogP contribution in [-0.4, -0.2) is 22.0 Å². The number of rotatable bonds is 4. The lowest BCUT2D eigenvalue weighted by Gasteiger charge is -2.03. The zero-order valence-electron chi connectivity index (χ0n) is 12.5. The molecule has 2 heterocycles. The molecule has 3 rings (SSSR count). The van der Waals surface area contributed by atoms with Crippen LogP contribution in [0.15, 0.2) is 42.0 Å². The molecule has 3 aromatic rings. The number of hydrogen-bond acceptors (Lipinski definition) is 6. The van der Waals surface area contributed by atoms with E-state index in [4.69, 9.17) is 4.74 Å². The number of methoxy groups -OCH3 is 1. The molecule has 0 aliphatic carbocycles. The van der Waals surface area contributed by atoms with Gasteiger partial charge in [0.1, 0.15) is 5.01 Å². The summed E-state index contributed by atoms with van der Waals surface area (Å²) < 4.78 is 5.02. The van der Waals surface area contributed by atoms with Gasteiger partial charge in [-0.3, -0.25) is 15.1 Å². The smallest absolute Gasteiger partial charge is 0.311 e. The number of nitro benzene ring substituents is 1. The van der Waals surface area contributed by atoms with Gasteiger partial charge in [0.25, 0.3) is 0 Å². The standard InChI is InChI=1S/C16H13N3O3S/c1-10-5-6-17-8-12(10)13-9-23-16(18-13)11-3-4-15(22-2)14(7-11)19(20)21/h3-9H,1-2H3. The summed E-state index contributed by atoms with van der Waals surface area (Å²) >= 11 is 1.44. The number of nitrogens with zero attached hydrogens (tertiary/aromatic N) is 3. The maximum absolute atomic E-state index is 11.1. The monoisotopic (exact) mass is 327 g/mol. The zero-order chi connectivity index (χ0) is 16.4. The van der Waals surface area contributed by atoms with E-state index in [1.54, 1.807) is 24.5 Å². The molecule has 0 spiro atoms. The van der Waals surface area contributed by atoms with Crippen molar-refractivity contribution in [3.63, 3.8) is 0 Å². The van der Waals surface area contributed by atoms with Crippen LogP contribution in [0.5, 0.6) is 5.75 Å². The van der Waals surface area contributed by atoms with Gasteiger partial charge in [-0.15, -0.1) is 11.3 Å². The first-order valence-corrected chi connectivity index (χ1v) is 7.67. The molecular formula is C16H13N3O3S. The summed E-state index contributed by atoms with van der Waals surface area (Å²) in [6, 6.07) is 6.76. The topological polar surface area (TPSA) is 78.2 Å². The second-order valence-corrected chi connectivity index (χ2v) is 5.73. The van der Waals surface area contributed by atoms with Crippen molar-refractivity contribution in [2.45, 2.75) is 6.92 Å². The highest BCUT2D eigenvalue weighted by atomic mass is 32.1. The maximum Gasteiger partial charge on any atom is 0.311 e. The van der Waals surface area contributed by atoms with Crippen molar-refractivity contribution in [2.75, 3.05) is 7.11 Å². The first kappa shape index (κ1) is 15.1. The Balaban J connectivity index is 2.02. The first-order chi connectivity index (χ1) is 11.1. The molecule has 0 atom stereocenters. The molecule has 6 nitrogen and oxygen atoms in total. The fraction of sp³-hybridized carbons (Fsp3) is 0.125. The molecule has 0 aliphatic heterocycles. The van der Waals surface area contributed by atoms with Gasteiger partial charge in [0.2, 0.25) is 0 Å². The van der Waals surface area contributed by atoms with Gasteiger partial charge >= 0.3 is 5.69 Å². The fourth-order valence-corrected chi connectivity index (χ4v) is 3.04. The van der Waals surface area contributed by atoms with Crippen molar-refractivity contribution in [3.05, 3.63) is 57.7 Å². The molecule has 116 valence electrons. The van der Waals surface area contributed by atoms with E-state index >= 15 is 0 Å². The third kappa shape index (κ3) is 2.91. The number of hydrogen-bond donors (Lipinski definition) is 0. The second kappa shape index (κ2) is 6.13. The molecule has 0 saturated heterocycles. The van der Waals surface area contributed by atoms with Gasteiger partial charge in [0.05, 0.1) is 17.7 Å². The third-order valence-electron chi connectivity index (χ3n) is 3.44. The lowest BCUT2D eigenvalue weighted by molar-refractivity contribution is -0.385. The van der Waals surface area contributed by atoms with Gasteiger partial charge in [-0.1, -0.05) is 0 Å². The van der Waals surface area contributed by atoms with Crippen LogP contribution in [-0.2, 0) is 0 Å². The number of aromatic nitrogens is 2. The summed E-state index contributed by atoms with van der Waals surface area (Å²) in [5, 5.41) is 13.8. The van der Waals surface area contributed by atoms with Crippen LogP contribution in [0.3, 0.4) is 0 Å². The molecule has 0 fully saturated rings. The van der Waals surface area contributed by atoms with Crippen molar-refractivity contribution in [2.24, 2.45) is 0 Å². The van der Waals surface area contributed by atoms with Gasteiger partial charge in [0.15, 0.2) is 5.75 Å². The molecule has 23 heavy (non-hydrogen) atoms. The van der Waals surface area contributed by atoms with Crippen molar-refractivity contribution in [1.82, 2.24) is 9.97 Å². The SMILES string of the molecule is COc1ccc(-c2nc(-c3cnccc3C)cs2)cc1[N+](=O)[O-]. The number of benzene rings is 1. The minimum absolute atomic E-state index is 0.0701. The quantitative estimate of drug-likeness (QED) is 0.532. The molecule has 0 aliphatic rings. The van der Waals surface area contributed by atoms with Gasteiger partial charge in [-0.2, -0.15) is 0 Å². The average molecular weight is 327 g/mol. The molecule has 0 amide bonds. The van der Waals surface area contributed by atoms with Gasteiger partial charge in [0, 0.05) is 35.0 Å². The molecule has 1 aromatic carbocycles. The van der Waals surface area contributed by atoms with Crippen molar-refractivity contribution < 1.29 is 9.66 Å². The van der Waals surface area contributed by atoms with Gasteiger partial charge in [-0.05, 0) is 30.7 Å². The van der Waals surface area contributed by atoms with E-state index in [1.165, 1.54) is 24.5 Å². The second-order valence-electron chi connectivity index (χ2n) is 4.87. The molecule has 0 unspecified atom stereocenters. The Morgan fingerprint density at radius 2 is 2.13 bits per heavy atom. The summed E-state index contributed by atoms with van der Waals surface area (Å²) in [5.74, 6) is 0.235. The van der Waals surface area contributed by atoms with E-state index < -0.39 is 4.92 Å². The van der Waals surface area contributed by atoms with E-state index in [9.17, 15) is 10.1 Å². The normalized spacial score (nSPS) is 10.5. The van der Waals surface area contributed by atoms with E-state index in [-0.39, 0.29) is 11.4 Å². The minimum atomic E-state index is -0.456. The Kier molecular flexibility index (Phi) is 4.03. The van der Waals surface area contributed by atoms with Crippen molar-refractivity contribution in [1.29, 1.82) is 0 Å². The summed E-state index contributed by atoms with van der Waals surface area (Å²) in [5.41, 5.74) is 3.47. The highest BCUT2D eigenvalue weighted by Crippen LogP contribution is 2.35. The van der Waals surface area contributed by atoms with E-state index in [2.05, 4.69) is 9.97 Å². The molecule has 0 saturated carbocycles. The number of thiazole rings is 1. The lowest BCUT2D eigenvalue weighted by atomic mass is 10.1. The molecule has 7 heteroatoms. The van der Waals surface area contributed by atoms with E-state index in [0.717, 1.165) is 16.8 Å². The van der Waals surface area contributed by atoms with Crippen LogP contribution in [0, 0.1) is 17.0 Å². The molecule has 0 bridgehead atoms. The van der Waals surface area contributed by atoms with Crippen molar-refractivity contribution in [3.8, 4) is 27.6 Å². The number of aryl methyl sites for hydroxylation is 1. The predicted molar refractivity (Wildman–Crippen MR) is 88.7 cm³/mol. The summed E-state index contributed by atoms with van der Waals surface area (Å²) in [7, 11) is 1.41. The third-order valence-corrected chi connectivity index (χ3v) is 4.33. The van der Waals surface area contributed by atoms with Crippen molar-refractivity contribution >= 4 is 17.0 Å². The van der Waals surface area contributed by atoms with E-state index in [0.29, 0.717) is 10.6 Å². The lowest BCUT2D eigenvalue weighted by Crippen LogP contribution is -1.94. The van der Waals surface area contributed by atoms with Gasteiger partial charge < -0.3 is 4.74 Å². The largest absolute Gasteiger partial charge is 0.490 e. The molecule has 0 N–H and O–H groups in total. The minimum Gasteiger partial charge on any atom is -0.490 e. The van der Waals surface area contributed by atoms with Crippen LogP contribution in [0.25, 0.3) is 21.8 Å².